The molecule has 4 rings (SSSR count). The molecule has 12 nitrogen and oxygen atoms in total. The van der Waals surface area contributed by atoms with Crippen molar-refractivity contribution in [1.82, 2.24) is 9.80 Å². The van der Waals surface area contributed by atoms with Crippen LogP contribution in [0, 0.1) is 10.8 Å². The summed E-state index contributed by atoms with van der Waals surface area (Å²) in [5.74, 6) is -5.79. The maximum Gasteiger partial charge on any atom is 0.458 e. The first-order valence-corrected chi connectivity index (χ1v) is 16.0. The van der Waals surface area contributed by atoms with Gasteiger partial charge in [-0.3, -0.25) is 30.1 Å². The maximum absolute atomic E-state index is 12.5. The number of ether oxygens (including phenoxy) is 3. The van der Waals surface area contributed by atoms with E-state index in [-0.39, 0.29) is 19.0 Å². The second kappa shape index (κ2) is 20.3. The van der Waals surface area contributed by atoms with Crippen molar-refractivity contribution in [1.29, 1.82) is 10.8 Å². The van der Waals surface area contributed by atoms with Gasteiger partial charge < -0.3 is 24.8 Å². The van der Waals surface area contributed by atoms with Crippen LogP contribution in [0.4, 0.5) is 39.5 Å². The van der Waals surface area contributed by atoms with Crippen molar-refractivity contribution in [3.8, 4) is 11.5 Å². The topological polar surface area (TPSA) is 176 Å². The predicted octanol–water partition coefficient (Wildman–Crippen LogP) is 5.10. The minimum Gasteiger partial charge on any atom is -0.488 e. The fourth-order valence-corrected chi connectivity index (χ4v) is 4.71. The van der Waals surface area contributed by atoms with Crippen LogP contribution in [0.3, 0.4) is 0 Å². The molecule has 0 atom stereocenters. The molecule has 2 saturated heterocycles. The highest BCUT2D eigenvalue weighted by atomic mass is 19.4. The Kier molecular flexibility index (Phi) is 16.9. The number of carbonyl (C=O) groups is 4. The molecule has 2 heterocycles. The van der Waals surface area contributed by atoms with Crippen LogP contribution in [0.15, 0.2) is 42.5 Å². The van der Waals surface area contributed by atoms with Crippen LogP contribution in [-0.4, -0.2) is 116 Å². The molecule has 2 aromatic rings. The van der Waals surface area contributed by atoms with Gasteiger partial charge in [-0.15, -0.1) is 0 Å². The van der Waals surface area contributed by atoms with Crippen LogP contribution in [0.25, 0.3) is 0 Å². The van der Waals surface area contributed by atoms with Crippen molar-refractivity contribution < 1.29 is 72.9 Å². The minimum absolute atomic E-state index is 0.0572. The van der Waals surface area contributed by atoms with Crippen molar-refractivity contribution in [3.05, 3.63) is 59.2 Å². The number of nitrogens with zero attached hydrogens (tertiary/aromatic N) is 2. The van der Waals surface area contributed by atoms with Gasteiger partial charge in [-0.1, -0.05) is 12.1 Å². The second-order valence-electron chi connectivity index (χ2n) is 11.4. The number of nitrogen functional groups attached to an aromatic ring is 1. The predicted molar refractivity (Wildman–Crippen MR) is 173 cm³/mol. The number of alkyl halides is 9. The largest absolute Gasteiger partial charge is 0.488 e. The van der Waals surface area contributed by atoms with Crippen LogP contribution < -0.4 is 15.2 Å². The number of benzene rings is 2. The molecule has 0 aromatic heterocycles. The zero-order valence-corrected chi connectivity index (χ0v) is 28.3. The van der Waals surface area contributed by atoms with Gasteiger partial charge in [0, 0.05) is 30.8 Å². The van der Waals surface area contributed by atoms with Gasteiger partial charge >= 0.3 is 36.1 Å². The van der Waals surface area contributed by atoms with E-state index in [9.17, 15) is 53.9 Å². The Balaban J connectivity index is 0.000000464. The normalized spacial score (nSPS) is 14.5. The molecule has 0 spiro atoms. The summed E-state index contributed by atoms with van der Waals surface area (Å²) in [5, 5.41) is 16.0. The zero-order valence-electron chi connectivity index (χ0n) is 28.3. The first-order valence-electron chi connectivity index (χ1n) is 16.0. The standard InChI is InChI=1S/C27H35N5O4.C4F6O2.C2HF3O/c28-25(29)22-9-10-23(34-16-15-31-11-1-2-12-31)24(19-22)35-17-18-36-27(33)21-7-5-20(6-8-21)26(30)32-13-3-4-14-32;5-3(6,7)1(11)2(12)4(8,9)10;3-2(4,5)1-6/h5-10,19,30H,1-4,11-18H2,(H3,28,29);;1H. The number of nitrogens with one attached hydrogen (secondary N) is 2. The van der Waals surface area contributed by atoms with E-state index >= 15 is 0 Å². The average Bonchev–Trinajstić information content (AvgIpc) is 3.84. The molecular weight excluding hydrogens is 749 g/mol. The molecular formula is C33H36F9N5O7. The number of hydrogen-bond donors (Lipinski definition) is 3. The summed E-state index contributed by atoms with van der Waals surface area (Å²) in [4.78, 5) is 44.8. The maximum atomic E-state index is 12.5. The molecule has 2 aromatic carbocycles. The molecule has 2 aliphatic rings. The molecule has 4 N–H and O–H groups in total. The van der Waals surface area contributed by atoms with Gasteiger partial charge in [-0.05, 0) is 69.1 Å². The van der Waals surface area contributed by atoms with E-state index < -0.39 is 42.4 Å². The lowest BCUT2D eigenvalue weighted by Gasteiger charge is -2.18. The molecule has 298 valence electrons. The summed E-state index contributed by atoms with van der Waals surface area (Å²) in [5.41, 5.74) is 7.39. The van der Waals surface area contributed by atoms with Gasteiger partial charge in [-0.2, -0.15) is 39.5 Å². The summed E-state index contributed by atoms with van der Waals surface area (Å²) in [6.07, 6.45) is -12.6. The molecule has 21 heteroatoms. The first kappa shape index (κ1) is 44.9. The van der Waals surface area contributed by atoms with E-state index in [2.05, 4.69) is 9.80 Å². The van der Waals surface area contributed by atoms with E-state index in [0.717, 1.165) is 51.1 Å². The molecule has 0 amide bonds. The summed E-state index contributed by atoms with van der Waals surface area (Å²) in [6.45, 7) is 5.59. The lowest BCUT2D eigenvalue weighted by Crippen LogP contribution is -2.39. The molecule has 2 fully saturated rings. The Morgan fingerprint density at radius 2 is 1.15 bits per heavy atom. The number of hydrogen-bond acceptors (Lipinski definition) is 10. The first-order chi connectivity index (χ1) is 25.1. The Morgan fingerprint density at radius 3 is 1.63 bits per heavy atom. The van der Waals surface area contributed by atoms with E-state index in [4.69, 9.17) is 35.6 Å². The molecule has 0 unspecified atom stereocenters. The lowest BCUT2D eigenvalue weighted by atomic mass is 10.1. The number of aldehydes is 1. The van der Waals surface area contributed by atoms with E-state index in [0.29, 0.717) is 35.1 Å². The number of Topliss-reactive ketones (excluding diaryl/α,β-unsaturated/α-hetero) is 2. The van der Waals surface area contributed by atoms with Crippen LogP contribution in [0.5, 0.6) is 11.5 Å². The number of rotatable bonds is 12. The third kappa shape index (κ3) is 15.4. The molecule has 0 radical (unpaired) electrons. The SMILES string of the molecule is N=C(N)c1ccc(OCCN2CCCC2)c(OCCOC(=O)c2ccc(C(=N)N3CCCC3)cc2)c1.O=C(C(=O)C(F)(F)F)C(F)(F)F.O=CC(F)(F)F. The number of ketones is 2. The molecule has 0 saturated carbocycles. The number of carbonyl (C=O) groups excluding carboxylic acids is 4. The average molecular weight is 786 g/mol. The van der Waals surface area contributed by atoms with Crippen molar-refractivity contribution in [2.45, 2.75) is 44.2 Å². The van der Waals surface area contributed by atoms with Crippen LogP contribution in [0.2, 0.25) is 0 Å². The van der Waals surface area contributed by atoms with Gasteiger partial charge in [-0.25, -0.2) is 4.79 Å². The quantitative estimate of drug-likeness (QED) is 0.0500. The minimum atomic E-state index is -5.77. The van der Waals surface area contributed by atoms with Crippen LogP contribution >= 0.6 is 0 Å². The molecule has 0 bridgehead atoms. The third-order valence-electron chi connectivity index (χ3n) is 7.36. The van der Waals surface area contributed by atoms with Gasteiger partial charge in [0.25, 0.3) is 0 Å². The smallest absolute Gasteiger partial charge is 0.458 e. The van der Waals surface area contributed by atoms with E-state index in [1.54, 1.807) is 42.5 Å². The molecule has 0 aliphatic carbocycles. The zero-order chi connectivity index (χ0) is 40.7. The van der Waals surface area contributed by atoms with Crippen molar-refractivity contribution in [3.63, 3.8) is 0 Å². The third-order valence-corrected chi connectivity index (χ3v) is 7.36. The van der Waals surface area contributed by atoms with Crippen molar-refractivity contribution in [2.75, 3.05) is 52.5 Å². The highest BCUT2D eigenvalue weighted by molar-refractivity contribution is 6.41. The number of esters is 1. The van der Waals surface area contributed by atoms with Gasteiger partial charge in [0.05, 0.1) is 5.56 Å². The number of likely N-dealkylation sites (tertiary alicyclic amines) is 2. The number of halogens is 9. The Bertz CT molecular complexity index is 1580. The highest BCUT2D eigenvalue weighted by Crippen LogP contribution is 2.29. The fourth-order valence-electron chi connectivity index (χ4n) is 4.71. The summed E-state index contributed by atoms with van der Waals surface area (Å²) in [6, 6.07) is 12.1. The Labute approximate surface area is 302 Å². The fraction of sp³-hybridized carbons (Fsp3) is 0.455. The Hall–Kier alpha value is -5.21. The number of amidine groups is 2. The monoisotopic (exact) mass is 785 g/mol. The second-order valence-corrected chi connectivity index (χ2v) is 11.4. The lowest BCUT2D eigenvalue weighted by molar-refractivity contribution is -0.193. The van der Waals surface area contributed by atoms with Crippen LogP contribution in [0.1, 0.15) is 47.2 Å². The summed E-state index contributed by atoms with van der Waals surface area (Å²) >= 11 is 0. The van der Waals surface area contributed by atoms with E-state index in [1.165, 1.54) is 12.8 Å². The molecule has 2 aliphatic heterocycles. The van der Waals surface area contributed by atoms with Crippen molar-refractivity contribution >= 4 is 35.5 Å². The summed E-state index contributed by atoms with van der Waals surface area (Å²) in [7, 11) is 0. The van der Waals surface area contributed by atoms with Gasteiger partial charge in [0.2, 0.25) is 6.29 Å². The summed E-state index contributed by atoms with van der Waals surface area (Å²) < 4.78 is 115. The van der Waals surface area contributed by atoms with Gasteiger partial charge in [0.1, 0.15) is 31.5 Å². The van der Waals surface area contributed by atoms with Gasteiger partial charge in [0.15, 0.2) is 11.5 Å². The Morgan fingerprint density at radius 1 is 0.685 bits per heavy atom. The van der Waals surface area contributed by atoms with Crippen molar-refractivity contribution in [2.24, 2.45) is 5.73 Å². The van der Waals surface area contributed by atoms with Crippen LogP contribution in [-0.2, 0) is 19.1 Å². The highest BCUT2D eigenvalue weighted by Gasteiger charge is 2.54. The molecule has 54 heavy (non-hydrogen) atoms. The van der Waals surface area contributed by atoms with E-state index in [1.807, 2.05) is 0 Å². The number of nitrogens with two attached hydrogens (primary N) is 1.